The zero-order chi connectivity index (χ0) is 34.2. The smallest absolute Gasteiger partial charge is 0.410 e. The first-order chi connectivity index (χ1) is 22.8. The Bertz CT molecular complexity index is 1950. The molecule has 3 aromatic carbocycles. The van der Waals surface area contributed by atoms with E-state index in [0.717, 1.165) is 22.3 Å². The fourth-order valence-corrected chi connectivity index (χ4v) is 7.14. The van der Waals surface area contributed by atoms with Crippen LogP contribution in [0, 0.1) is 13.8 Å². The SMILES string of the molecule is Cc1cccc(C)c1-c1cc2nc(n1)NS(=O)(=O)c1cccc(c1)C(=O)N1CCN(C(=O)OC(C)(C)C)CC1C(Cc1ccccc1)O2.Cl. The highest BCUT2D eigenvalue weighted by Gasteiger charge is 2.41. The molecule has 13 heteroatoms. The summed E-state index contributed by atoms with van der Waals surface area (Å²) in [4.78, 5) is 39.9. The Kier molecular flexibility index (Phi) is 10.2. The molecule has 2 aliphatic rings. The minimum Gasteiger partial charge on any atom is -0.472 e. The van der Waals surface area contributed by atoms with Crippen molar-refractivity contribution in [2.24, 2.45) is 0 Å². The fourth-order valence-electron chi connectivity index (χ4n) is 6.15. The Morgan fingerprint density at radius 3 is 2.35 bits per heavy atom. The van der Waals surface area contributed by atoms with Gasteiger partial charge in [0.1, 0.15) is 11.7 Å². The molecule has 258 valence electrons. The van der Waals surface area contributed by atoms with E-state index >= 15 is 0 Å². The Labute approximate surface area is 293 Å². The van der Waals surface area contributed by atoms with Crippen LogP contribution in [-0.4, -0.2) is 77.6 Å². The molecule has 1 N–H and O–H groups in total. The molecule has 1 saturated heterocycles. The van der Waals surface area contributed by atoms with Crippen LogP contribution in [0.1, 0.15) is 47.8 Å². The first-order valence-corrected chi connectivity index (χ1v) is 17.3. The molecule has 4 bridgehead atoms. The van der Waals surface area contributed by atoms with Gasteiger partial charge < -0.3 is 19.3 Å². The molecule has 2 unspecified atom stereocenters. The van der Waals surface area contributed by atoms with Crippen LogP contribution in [0.2, 0.25) is 0 Å². The van der Waals surface area contributed by atoms with E-state index in [1.54, 1.807) is 42.7 Å². The standard InChI is InChI=1S/C36H39N5O6S.ClH/c1-23-11-9-12-24(2)32(23)28-21-31-38-34(37-28)39-48(44,45)27-16-10-15-26(20-27)33(42)41-18-17-40(35(43)47-36(3,4)5)22-29(41)30(46-31)19-25-13-7-6-8-14-25;/h6-16,20-21,29-30H,17-19,22H2,1-5H3,(H,37,38,39);1H. The molecule has 0 radical (unpaired) electrons. The first kappa shape index (κ1) is 35.6. The van der Waals surface area contributed by atoms with Gasteiger partial charge in [-0.1, -0.05) is 54.6 Å². The predicted molar refractivity (Wildman–Crippen MR) is 189 cm³/mol. The number of fused-ring (bicyclic) bond motifs is 5. The van der Waals surface area contributed by atoms with Gasteiger partial charge in [-0.2, -0.15) is 4.98 Å². The number of ether oxygens (including phenoxy) is 2. The fraction of sp³-hybridized carbons (Fsp3) is 0.333. The van der Waals surface area contributed by atoms with Gasteiger partial charge in [0.05, 0.1) is 16.6 Å². The van der Waals surface area contributed by atoms with Crippen molar-refractivity contribution in [2.45, 2.75) is 63.7 Å². The van der Waals surface area contributed by atoms with Crippen LogP contribution in [0.4, 0.5) is 10.7 Å². The molecular weight excluding hydrogens is 666 g/mol. The van der Waals surface area contributed by atoms with E-state index < -0.39 is 33.9 Å². The third-order valence-corrected chi connectivity index (χ3v) is 9.69. The second kappa shape index (κ2) is 14.0. The number of sulfonamides is 1. The maximum absolute atomic E-state index is 14.3. The summed E-state index contributed by atoms with van der Waals surface area (Å²) < 4.78 is 42.3. The molecule has 2 atom stereocenters. The van der Waals surface area contributed by atoms with Crippen LogP contribution >= 0.6 is 12.4 Å². The third-order valence-electron chi connectivity index (χ3n) is 8.37. The number of anilines is 1. The van der Waals surface area contributed by atoms with Crippen molar-refractivity contribution >= 4 is 40.4 Å². The second-order valence-corrected chi connectivity index (χ2v) is 14.8. The molecule has 6 rings (SSSR count). The van der Waals surface area contributed by atoms with Crippen molar-refractivity contribution < 1.29 is 27.5 Å². The van der Waals surface area contributed by atoms with E-state index in [1.165, 1.54) is 18.2 Å². The lowest BCUT2D eigenvalue weighted by Gasteiger charge is -2.44. The number of nitrogens with one attached hydrogen (secondary N) is 1. The molecule has 4 aromatic rings. The van der Waals surface area contributed by atoms with Crippen molar-refractivity contribution in [3.8, 4) is 17.1 Å². The summed E-state index contributed by atoms with van der Waals surface area (Å²) in [6, 6.07) is 22.5. The molecule has 0 aliphatic carbocycles. The van der Waals surface area contributed by atoms with Gasteiger partial charge in [0.2, 0.25) is 11.8 Å². The van der Waals surface area contributed by atoms with Gasteiger partial charge in [0.25, 0.3) is 15.9 Å². The topological polar surface area (TPSA) is 131 Å². The third kappa shape index (κ3) is 7.97. The highest BCUT2D eigenvalue weighted by atomic mass is 35.5. The van der Waals surface area contributed by atoms with E-state index in [0.29, 0.717) is 12.1 Å². The number of benzene rings is 3. The second-order valence-electron chi connectivity index (χ2n) is 13.2. The number of rotatable bonds is 3. The first-order valence-electron chi connectivity index (χ1n) is 15.9. The van der Waals surface area contributed by atoms with Crippen molar-refractivity contribution in [3.63, 3.8) is 0 Å². The number of hydrogen-bond donors (Lipinski definition) is 1. The van der Waals surface area contributed by atoms with E-state index in [4.69, 9.17) is 9.47 Å². The maximum atomic E-state index is 14.3. The molecule has 0 spiro atoms. The quantitative estimate of drug-likeness (QED) is 0.273. The Hall–Kier alpha value is -4.68. The molecule has 3 heterocycles. The van der Waals surface area contributed by atoms with E-state index in [1.807, 2.05) is 62.4 Å². The molecule has 2 amide bonds. The summed E-state index contributed by atoms with van der Waals surface area (Å²) in [6.07, 6.45) is -0.841. The highest BCUT2D eigenvalue weighted by Crippen LogP contribution is 2.32. The molecule has 0 saturated carbocycles. The lowest BCUT2D eigenvalue weighted by atomic mass is 9.97. The van der Waals surface area contributed by atoms with Crippen molar-refractivity contribution in [1.29, 1.82) is 0 Å². The molecular formula is C36H40ClN5O6S. The number of carbonyl (C=O) groups is 2. The predicted octanol–water partition coefficient (Wildman–Crippen LogP) is 6.05. The average Bonchev–Trinajstić information content (AvgIpc) is 3.03. The van der Waals surface area contributed by atoms with Crippen molar-refractivity contribution in [2.75, 3.05) is 24.4 Å². The summed E-state index contributed by atoms with van der Waals surface area (Å²) in [7, 11) is -4.20. The largest absolute Gasteiger partial charge is 0.472 e. The summed E-state index contributed by atoms with van der Waals surface area (Å²) in [5.74, 6) is -0.430. The van der Waals surface area contributed by atoms with Crippen LogP contribution < -0.4 is 9.46 Å². The van der Waals surface area contributed by atoms with Crippen LogP contribution in [0.3, 0.4) is 0 Å². The number of aromatic nitrogens is 2. The van der Waals surface area contributed by atoms with Gasteiger partial charge >= 0.3 is 6.09 Å². The molecule has 49 heavy (non-hydrogen) atoms. The Morgan fingerprint density at radius 2 is 1.65 bits per heavy atom. The van der Waals surface area contributed by atoms with E-state index in [-0.39, 0.29) is 60.2 Å². The lowest BCUT2D eigenvalue weighted by molar-refractivity contribution is -0.0147. The molecule has 11 nitrogen and oxygen atoms in total. The minimum absolute atomic E-state index is 0. The van der Waals surface area contributed by atoms with Gasteiger partial charge in [-0.15, -0.1) is 12.4 Å². The van der Waals surface area contributed by atoms with Crippen molar-refractivity contribution in [1.82, 2.24) is 19.8 Å². The summed E-state index contributed by atoms with van der Waals surface area (Å²) in [6.45, 7) is 9.85. The molecule has 1 aromatic heterocycles. The van der Waals surface area contributed by atoms with Gasteiger partial charge in [-0.25, -0.2) is 22.9 Å². The van der Waals surface area contributed by atoms with Gasteiger partial charge in [0, 0.05) is 43.2 Å². The van der Waals surface area contributed by atoms with Crippen LogP contribution in [0.25, 0.3) is 11.3 Å². The minimum atomic E-state index is -4.20. The maximum Gasteiger partial charge on any atom is 0.410 e. The average molecular weight is 706 g/mol. The van der Waals surface area contributed by atoms with Crippen LogP contribution in [0.5, 0.6) is 5.88 Å². The zero-order valence-corrected chi connectivity index (χ0v) is 29.7. The number of carbonyl (C=O) groups excluding carboxylic acids is 2. The highest BCUT2D eigenvalue weighted by molar-refractivity contribution is 7.92. The lowest BCUT2D eigenvalue weighted by Crippen LogP contribution is -2.62. The molecule has 2 aliphatic heterocycles. The molecule has 1 fully saturated rings. The number of aryl methyl sites for hydroxylation is 2. The van der Waals surface area contributed by atoms with E-state index in [2.05, 4.69) is 14.7 Å². The monoisotopic (exact) mass is 705 g/mol. The summed E-state index contributed by atoms with van der Waals surface area (Å²) in [5.41, 5.74) is 3.60. The number of halogens is 1. The summed E-state index contributed by atoms with van der Waals surface area (Å²) in [5, 5.41) is 0. The number of piperazine rings is 1. The van der Waals surface area contributed by atoms with Gasteiger partial charge in [-0.05, 0) is 69.5 Å². The van der Waals surface area contributed by atoms with Crippen LogP contribution in [-0.2, 0) is 21.2 Å². The van der Waals surface area contributed by atoms with E-state index in [9.17, 15) is 18.0 Å². The zero-order valence-electron chi connectivity index (χ0n) is 28.0. The van der Waals surface area contributed by atoms with Gasteiger partial charge in [-0.3, -0.25) is 4.79 Å². The van der Waals surface area contributed by atoms with Gasteiger partial charge in [0.15, 0.2) is 0 Å². The van der Waals surface area contributed by atoms with Crippen LogP contribution in [0.15, 0.2) is 83.8 Å². The number of hydrogen-bond acceptors (Lipinski definition) is 8. The van der Waals surface area contributed by atoms with Crippen molar-refractivity contribution in [3.05, 3.63) is 101 Å². The number of amides is 2. The number of nitrogens with zero attached hydrogens (tertiary/aromatic N) is 4. The summed E-state index contributed by atoms with van der Waals surface area (Å²) >= 11 is 0. The normalized spacial score (nSPS) is 18.7. The Balaban J connectivity index is 0.00000468. The Morgan fingerprint density at radius 1 is 0.959 bits per heavy atom.